The number of rotatable bonds is 8. The van der Waals surface area contributed by atoms with Crippen molar-refractivity contribution < 1.29 is 9.53 Å². The van der Waals surface area contributed by atoms with Gasteiger partial charge in [-0.1, -0.05) is 25.6 Å². The molecule has 0 aliphatic heterocycles. The van der Waals surface area contributed by atoms with E-state index in [1.165, 1.54) is 18.7 Å². The van der Waals surface area contributed by atoms with E-state index in [9.17, 15) is 9.59 Å². The van der Waals surface area contributed by atoms with Crippen LogP contribution in [0.3, 0.4) is 0 Å². The Morgan fingerprint density at radius 1 is 1.35 bits per heavy atom. The molecule has 2 aromatic rings. The minimum absolute atomic E-state index is 0.00999. The summed E-state index contributed by atoms with van der Waals surface area (Å²) in [7, 11) is 1.60. The van der Waals surface area contributed by atoms with Crippen LogP contribution < -0.4 is 10.3 Å². The maximum atomic E-state index is 12.4. The second-order valence-electron chi connectivity index (χ2n) is 6.74. The predicted octanol–water partition coefficient (Wildman–Crippen LogP) is 4.17. The zero-order chi connectivity index (χ0) is 19.3. The Hall–Kier alpha value is -2.08. The molecule has 0 atom stereocenters. The van der Waals surface area contributed by atoms with Crippen LogP contribution in [-0.4, -0.2) is 22.9 Å². The Balaban J connectivity index is 2.18. The van der Waals surface area contributed by atoms with Gasteiger partial charge in [-0.15, -0.1) is 0 Å². The van der Waals surface area contributed by atoms with E-state index in [2.05, 4.69) is 23.8 Å². The lowest BCUT2D eigenvalue weighted by molar-refractivity contribution is 0.101. The highest BCUT2D eigenvalue weighted by Crippen LogP contribution is 2.27. The third-order valence-corrected chi connectivity index (χ3v) is 5.15. The molecule has 2 rings (SSSR count). The van der Waals surface area contributed by atoms with Crippen molar-refractivity contribution in [2.24, 2.45) is 5.92 Å². The Morgan fingerprint density at radius 3 is 2.65 bits per heavy atom. The van der Waals surface area contributed by atoms with Crippen LogP contribution in [0.25, 0.3) is 0 Å². The van der Waals surface area contributed by atoms with Gasteiger partial charge in [0.2, 0.25) is 0 Å². The maximum absolute atomic E-state index is 12.4. The minimum Gasteiger partial charge on any atom is -0.496 e. The van der Waals surface area contributed by atoms with Crippen molar-refractivity contribution in [3.05, 3.63) is 50.9 Å². The molecule has 6 heteroatoms. The molecule has 0 amide bonds. The molecule has 0 bridgehead atoms. The van der Waals surface area contributed by atoms with Crippen molar-refractivity contribution in [3.8, 4) is 5.75 Å². The molecule has 1 aromatic heterocycles. The van der Waals surface area contributed by atoms with Gasteiger partial charge in [-0.3, -0.25) is 9.59 Å². The lowest BCUT2D eigenvalue weighted by Gasteiger charge is -2.11. The van der Waals surface area contributed by atoms with Gasteiger partial charge in [0.1, 0.15) is 5.75 Å². The summed E-state index contributed by atoms with van der Waals surface area (Å²) in [6.07, 6.45) is 1.71. The fraction of sp³-hybridized carbons (Fsp3) is 0.450. The van der Waals surface area contributed by atoms with Crippen LogP contribution in [-0.2, 0) is 12.2 Å². The molecule has 1 N–H and O–H groups in total. The highest BCUT2D eigenvalue weighted by atomic mass is 32.2. The Bertz CT molecular complexity index is 843. The Kier molecular flexibility index (Phi) is 7.03. The highest BCUT2D eigenvalue weighted by Gasteiger charge is 2.12. The molecule has 1 heterocycles. The number of hydrogen-bond acceptors (Lipinski definition) is 5. The molecule has 5 nitrogen and oxygen atoms in total. The van der Waals surface area contributed by atoms with Crippen LogP contribution in [0.1, 0.15) is 54.4 Å². The van der Waals surface area contributed by atoms with E-state index in [1.807, 2.05) is 13.0 Å². The maximum Gasteiger partial charge on any atom is 0.254 e. The lowest BCUT2D eigenvalue weighted by atomic mass is 10.0. The summed E-state index contributed by atoms with van der Waals surface area (Å²) < 4.78 is 5.37. The molecular weight excluding hydrogens is 348 g/mol. The van der Waals surface area contributed by atoms with Gasteiger partial charge < -0.3 is 9.72 Å². The summed E-state index contributed by atoms with van der Waals surface area (Å²) in [5.41, 5.74) is 3.02. The molecule has 140 valence electrons. The number of ether oxygens (including phenoxy) is 1. The molecule has 26 heavy (non-hydrogen) atoms. The molecule has 0 spiro atoms. The molecule has 0 saturated carbocycles. The van der Waals surface area contributed by atoms with E-state index in [-0.39, 0.29) is 11.3 Å². The van der Waals surface area contributed by atoms with Gasteiger partial charge in [0, 0.05) is 28.1 Å². The predicted molar refractivity (Wildman–Crippen MR) is 105 cm³/mol. The van der Waals surface area contributed by atoms with Crippen LogP contribution in [0, 0.1) is 12.8 Å². The van der Waals surface area contributed by atoms with E-state index >= 15 is 0 Å². The molecule has 1 aromatic carbocycles. The van der Waals surface area contributed by atoms with Gasteiger partial charge >= 0.3 is 0 Å². The van der Waals surface area contributed by atoms with Crippen molar-refractivity contribution in [1.29, 1.82) is 0 Å². The first-order valence-electron chi connectivity index (χ1n) is 8.72. The molecule has 0 saturated heterocycles. The number of aromatic amines is 1. The summed E-state index contributed by atoms with van der Waals surface area (Å²) >= 11 is 1.43. The number of methoxy groups -OCH3 is 1. The molecular formula is C20H26N2O3S. The summed E-state index contributed by atoms with van der Waals surface area (Å²) in [4.78, 5) is 31.4. The lowest BCUT2D eigenvalue weighted by Crippen LogP contribution is -2.18. The van der Waals surface area contributed by atoms with Crippen LogP contribution in [0.5, 0.6) is 5.75 Å². The fourth-order valence-electron chi connectivity index (χ4n) is 2.64. The number of H-pyrrole nitrogens is 1. The standard InChI is InChI=1S/C20H26N2O3S/c1-12(2)6-8-17-13(3)21-20(22-19(17)24)26-11-16-10-15(14(4)23)7-9-18(16)25-5/h7,9-10,12H,6,8,11H2,1-5H3,(H,21,22,24). The van der Waals surface area contributed by atoms with Crippen LogP contribution in [0.2, 0.25) is 0 Å². The van der Waals surface area contributed by atoms with Gasteiger partial charge in [0.15, 0.2) is 10.9 Å². The number of thioether (sulfide) groups is 1. The number of aryl methyl sites for hydroxylation is 1. The second kappa shape index (κ2) is 9.03. The fourth-order valence-corrected chi connectivity index (χ4v) is 3.52. The average Bonchev–Trinajstić information content (AvgIpc) is 2.58. The number of ketones is 1. The van der Waals surface area contributed by atoms with E-state index in [1.54, 1.807) is 19.2 Å². The quantitative estimate of drug-likeness (QED) is 0.426. The number of carbonyl (C=O) groups excluding carboxylic acids is 1. The summed E-state index contributed by atoms with van der Waals surface area (Å²) in [6, 6.07) is 5.38. The summed E-state index contributed by atoms with van der Waals surface area (Å²) in [5, 5.41) is 0.580. The third kappa shape index (κ3) is 5.21. The number of aromatic nitrogens is 2. The molecule has 0 aliphatic rings. The third-order valence-electron chi connectivity index (χ3n) is 4.22. The van der Waals surface area contributed by atoms with Crippen molar-refractivity contribution in [3.63, 3.8) is 0 Å². The van der Waals surface area contributed by atoms with Crippen molar-refractivity contribution in [2.75, 3.05) is 7.11 Å². The van der Waals surface area contributed by atoms with Gasteiger partial charge in [0.25, 0.3) is 5.56 Å². The van der Waals surface area contributed by atoms with E-state index in [4.69, 9.17) is 4.74 Å². The number of carbonyl (C=O) groups is 1. The molecule has 0 unspecified atom stereocenters. The second-order valence-corrected chi connectivity index (χ2v) is 7.70. The van der Waals surface area contributed by atoms with Gasteiger partial charge in [-0.05, 0) is 50.8 Å². The molecule has 0 aliphatic carbocycles. The van der Waals surface area contributed by atoms with Crippen molar-refractivity contribution in [2.45, 2.75) is 51.4 Å². The number of benzene rings is 1. The van der Waals surface area contributed by atoms with E-state index in [0.717, 1.165) is 35.4 Å². The SMILES string of the molecule is COc1ccc(C(C)=O)cc1CSc1nc(C)c(CCC(C)C)c(=O)[nH]1. The zero-order valence-electron chi connectivity index (χ0n) is 16.0. The monoisotopic (exact) mass is 374 g/mol. The Labute approximate surface area is 158 Å². The van der Waals surface area contributed by atoms with Crippen LogP contribution >= 0.6 is 11.8 Å². The number of nitrogens with one attached hydrogen (secondary N) is 1. The topological polar surface area (TPSA) is 72.0 Å². The summed E-state index contributed by atoms with van der Waals surface area (Å²) in [5.74, 6) is 1.83. The smallest absolute Gasteiger partial charge is 0.254 e. The minimum atomic E-state index is -0.0647. The molecule has 0 fully saturated rings. The number of nitrogens with zero attached hydrogens (tertiary/aromatic N) is 1. The van der Waals surface area contributed by atoms with Gasteiger partial charge in [0.05, 0.1) is 7.11 Å². The first-order chi connectivity index (χ1) is 12.3. The van der Waals surface area contributed by atoms with E-state index in [0.29, 0.717) is 22.4 Å². The largest absolute Gasteiger partial charge is 0.496 e. The first-order valence-corrected chi connectivity index (χ1v) is 9.70. The van der Waals surface area contributed by atoms with E-state index < -0.39 is 0 Å². The molecule has 0 radical (unpaired) electrons. The highest BCUT2D eigenvalue weighted by molar-refractivity contribution is 7.98. The average molecular weight is 375 g/mol. The van der Waals surface area contributed by atoms with Gasteiger partial charge in [-0.2, -0.15) is 0 Å². The van der Waals surface area contributed by atoms with Crippen molar-refractivity contribution in [1.82, 2.24) is 9.97 Å². The normalized spacial score (nSPS) is 11.0. The summed E-state index contributed by atoms with van der Waals surface area (Å²) in [6.45, 7) is 7.70. The van der Waals surface area contributed by atoms with Gasteiger partial charge in [-0.25, -0.2) is 4.98 Å². The zero-order valence-corrected chi connectivity index (χ0v) is 16.8. The first kappa shape index (κ1) is 20.2. The van der Waals surface area contributed by atoms with Crippen LogP contribution in [0.4, 0.5) is 0 Å². The van der Waals surface area contributed by atoms with Crippen molar-refractivity contribution >= 4 is 17.5 Å². The number of hydrogen-bond donors (Lipinski definition) is 1. The van der Waals surface area contributed by atoms with Crippen LogP contribution in [0.15, 0.2) is 28.2 Å². The number of Topliss-reactive ketones (excluding diaryl/α,β-unsaturated/α-hetero) is 1. The Morgan fingerprint density at radius 2 is 2.08 bits per heavy atom.